The van der Waals surface area contributed by atoms with Crippen molar-refractivity contribution in [2.45, 2.75) is 60.1 Å². The molecule has 2 atom stereocenters. The molecule has 1 amide bonds. The molecule has 2 aromatic rings. The monoisotopic (exact) mass is 339 g/mol. The van der Waals surface area contributed by atoms with Gasteiger partial charge in [0.2, 0.25) is 0 Å². The predicted octanol–water partition coefficient (Wildman–Crippen LogP) is 4.96. The Morgan fingerprint density at radius 3 is 2.20 bits per heavy atom. The average Bonchev–Trinajstić information content (AvgIpc) is 2.57. The van der Waals surface area contributed by atoms with Gasteiger partial charge in [-0.1, -0.05) is 36.8 Å². The van der Waals surface area contributed by atoms with Gasteiger partial charge in [0.15, 0.2) is 6.10 Å². The van der Waals surface area contributed by atoms with Crippen LogP contribution in [0.15, 0.2) is 36.4 Å². The van der Waals surface area contributed by atoms with Crippen LogP contribution in [0.4, 0.5) is 0 Å². The highest BCUT2D eigenvalue weighted by Gasteiger charge is 2.21. The van der Waals surface area contributed by atoms with Gasteiger partial charge in [0.25, 0.3) is 5.91 Å². The molecule has 0 bridgehead atoms. The van der Waals surface area contributed by atoms with Gasteiger partial charge in [-0.05, 0) is 75.4 Å². The van der Waals surface area contributed by atoms with E-state index < -0.39 is 6.10 Å². The van der Waals surface area contributed by atoms with Gasteiger partial charge in [0, 0.05) is 0 Å². The molecule has 0 spiro atoms. The fourth-order valence-corrected chi connectivity index (χ4v) is 2.94. The molecule has 2 aromatic carbocycles. The number of benzene rings is 2. The summed E-state index contributed by atoms with van der Waals surface area (Å²) in [6.45, 7) is 12.3. The second-order valence-corrected chi connectivity index (χ2v) is 6.85. The Hall–Kier alpha value is -2.29. The summed E-state index contributed by atoms with van der Waals surface area (Å²) in [6, 6.07) is 12.1. The summed E-state index contributed by atoms with van der Waals surface area (Å²) in [6.07, 6.45) is 0.134. The molecule has 0 saturated carbocycles. The van der Waals surface area contributed by atoms with Crippen molar-refractivity contribution in [1.82, 2.24) is 5.32 Å². The molecule has 0 aliphatic carbocycles. The summed E-state index contributed by atoms with van der Waals surface area (Å²) < 4.78 is 5.88. The van der Waals surface area contributed by atoms with Crippen molar-refractivity contribution in [1.29, 1.82) is 0 Å². The lowest BCUT2D eigenvalue weighted by Crippen LogP contribution is -2.39. The minimum absolute atomic E-state index is 0.0533. The Morgan fingerprint density at radius 2 is 1.60 bits per heavy atom. The lowest BCUT2D eigenvalue weighted by Gasteiger charge is -2.22. The minimum Gasteiger partial charge on any atom is -0.481 e. The van der Waals surface area contributed by atoms with Crippen molar-refractivity contribution < 1.29 is 9.53 Å². The highest BCUT2D eigenvalue weighted by Crippen LogP contribution is 2.22. The predicted molar refractivity (Wildman–Crippen MR) is 103 cm³/mol. The van der Waals surface area contributed by atoms with Gasteiger partial charge in [-0.15, -0.1) is 0 Å². The number of rotatable bonds is 6. The maximum Gasteiger partial charge on any atom is 0.261 e. The molecule has 0 heterocycles. The largest absolute Gasteiger partial charge is 0.481 e. The molecule has 0 radical (unpaired) electrons. The van der Waals surface area contributed by atoms with E-state index in [2.05, 4.69) is 38.2 Å². The smallest absolute Gasteiger partial charge is 0.261 e. The van der Waals surface area contributed by atoms with E-state index in [0.717, 1.165) is 11.3 Å². The number of carbonyl (C=O) groups is 1. The van der Waals surface area contributed by atoms with E-state index in [9.17, 15) is 4.79 Å². The first kappa shape index (κ1) is 19.0. The third-order valence-corrected chi connectivity index (χ3v) is 4.67. The molecule has 134 valence electrons. The van der Waals surface area contributed by atoms with E-state index in [0.29, 0.717) is 6.42 Å². The van der Waals surface area contributed by atoms with Crippen LogP contribution in [0, 0.1) is 27.7 Å². The molecule has 1 N–H and O–H groups in total. The number of ether oxygens (including phenoxy) is 1. The molecule has 0 aliphatic heterocycles. The number of amides is 1. The summed E-state index contributed by atoms with van der Waals surface area (Å²) in [5.74, 6) is 0.649. The highest BCUT2D eigenvalue weighted by atomic mass is 16.5. The Balaban J connectivity index is 2.08. The van der Waals surface area contributed by atoms with E-state index in [1.165, 1.54) is 22.3 Å². The van der Waals surface area contributed by atoms with Crippen LogP contribution in [-0.2, 0) is 4.79 Å². The zero-order valence-corrected chi connectivity index (χ0v) is 16.1. The summed E-state index contributed by atoms with van der Waals surface area (Å²) >= 11 is 0. The molecular weight excluding hydrogens is 310 g/mol. The second kappa shape index (κ2) is 8.19. The van der Waals surface area contributed by atoms with E-state index >= 15 is 0 Å². The van der Waals surface area contributed by atoms with Gasteiger partial charge >= 0.3 is 0 Å². The first-order valence-electron chi connectivity index (χ1n) is 8.93. The fourth-order valence-electron chi connectivity index (χ4n) is 2.94. The molecular formula is C22H29NO2. The van der Waals surface area contributed by atoms with Gasteiger partial charge < -0.3 is 10.1 Å². The van der Waals surface area contributed by atoms with Crippen LogP contribution >= 0.6 is 0 Å². The van der Waals surface area contributed by atoms with Crippen LogP contribution in [0.2, 0.25) is 0 Å². The van der Waals surface area contributed by atoms with E-state index in [-0.39, 0.29) is 11.9 Å². The van der Waals surface area contributed by atoms with E-state index in [1.54, 1.807) is 0 Å². The SMILES string of the molecule is CC[C@@H](Oc1ccc(C)cc1)C(=O)N[C@H](C)c1cc(C)c(C)cc1C. The standard InChI is InChI=1S/C22H29NO2/c1-7-21(25-19-10-8-14(2)9-11-19)22(24)23-18(6)20-13-16(4)15(3)12-17(20)5/h8-13,18,21H,7H2,1-6H3,(H,23,24)/t18-,21-/m1/s1. The quantitative estimate of drug-likeness (QED) is 0.808. The maximum atomic E-state index is 12.7. The summed E-state index contributed by atoms with van der Waals surface area (Å²) in [7, 11) is 0. The van der Waals surface area contributed by atoms with Gasteiger partial charge in [-0.2, -0.15) is 0 Å². The molecule has 0 saturated heterocycles. The van der Waals surface area contributed by atoms with Crippen LogP contribution in [-0.4, -0.2) is 12.0 Å². The number of hydrogen-bond donors (Lipinski definition) is 1. The first-order chi connectivity index (χ1) is 11.8. The number of carbonyl (C=O) groups excluding carboxylic acids is 1. The maximum absolute atomic E-state index is 12.7. The fraction of sp³-hybridized carbons (Fsp3) is 0.409. The van der Waals surface area contributed by atoms with Crippen LogP contribution in [0.5, 0.6) is 5.75 Å². The normalized spacial score (nSPS) is 13.2. The van der Waals surface area contributed by atoms with Crippen molar-refractivity contribution in [3.05, 3.63) is 64.2 Å². The Kier molecular flexibility index (Phi) is 6.24. The topological polar surface area (TPSA) is 38.3 Å². The molecule has 0 fully saturated rings. The zero-order valence-electron chi connectivity index (χ0n) is 16.1. The molecule has 0 unspecified atom stereocenters. The van der Waals surface area contributed by atoms with E-state index in [1.807, 2.05) is 45.0 Å². The summed E-state index contributed by atoms with van der Waals surface area (Å²) in [5, 5.41) is 3.10. The second-order valence-electron chi connectivity index (χ2n) is 6.85. The van der Waals surface area contributed by atoms with E-state index in [4.69, 9.17) is 4.74 Å². The number of nitrogens with one attached hydrogen (secondary N) is 1. The van der Waals surface area contributed by atoms with Crippen LogP contribution in [0.1, 0.15) is 54.1 Å². The van der Waals surface area contributed by atoms with Gasteiger partial charge in [0.05, 0.1) is 6.04 Å². The van der Waals surface area contributed by atoms with Crippen molar-refractivity contribution in [3.63, 3.8) is 0 Å². The third-order valence-electron chi connectivity index (χ3n) is 4.67. The van der Waals surface area contributed by atoms with Crippen molar-refractivity contribution in [3.8, 4) is 5.75 Å². The van der Waals surface area contributed by atoms with Crippen molar-refractivity contribution >= 4 is 5.91 Å². The molecule has 2 rings (SSSR count). The minimum atomic E-state index is -0.489. The van der Waals surface area contributed by atoms with Gasteiger partial charge in [-0.3, -0.25) is 4.79 Å². The molecule has 0 aliphatic rings. The van der Waals surface area contributed by atoms with Gasteiger partial charge in [0.1, 0.15) is 5.75 Å². The van der Waals surface area contributed by atoms with Crippen molar-refractivity contribution in [2.75, 3.05) is 0 Å². The summed E-state index contributed by atoms with van der Waals surface area (Å²) in [5.41, 5.74) is 6.03. The number of hydrogen-bond acceptors (Lipinski definition) is 2. The third kappa shape index (κ3) is 4.85. The Bertz CT molecular complexity index is 734. The number of aryl methyl sites for hydroxylation is 4. The van der Waals surface area contributed by atoms with Crippen LogP contribution in [0.3, 0.4) is 0 Å². The first-order valence-corrected chi connectivity index (χ1v) is 8.93. The zero-order chi connectivity index (χ0) is 18.6. The highest BCUT2D eigenvalue weighted by molar-refractivity contribution is 5.81. The molecule has 0 aromatic heterocycles. The lowest BCUT2D eigenvalue weighted by atomic mass is 9.96. The van der Waals surface area contributed by atoms with Crippen LogP contribution < -0.4 is 10.1 Å². The van der Waals surface area contributed by atoms with Crippen LogP contribution in [0.25, 0.3) is 0 Å². The Morgan fingerprint density at radius 1 is 1.00 bits per heavy atom. The molecule has 25 heavy (non-hydrogen) atoms. The molecule has 3 heteroatoms. The summed E-state index contributed by atoms with van der Waals surface area (Å²) in [4.78, 5) is 12.7. The molecule has 3 nitrogen and oxygen atoms in total. The average molecular weight is 339 g/mol. The van der Waals surface area contributed by atoms with Crippen molar-refractivity contribution in [2.24, 2.45) is 0 Å². The lowest BCUT2D eigenvalue weighted by molar-refractivity contribution is -0.128. The Labute approximate surface area is 151 Å². The van der Waals surface area contributed by atoms with Gasteiger partial charge in [-0.25, -0.2) is 0 Å².